The summed E-state index contributed by atoms with van der Waals surface area (Å²) < 4.78 is 5.25. The molecule has 0 spiro atoms. The van der Waals surface area contributed by atoms with Crippen molar-refractivity contribution in [1.29, 1.82) is 0 Å². The summed E-state index contributed by atoms with van der Waals surface area (Å²) in [5.74, 6) is -1.33. The second-order valence-corrected chi connectivity index (χ2v) is 7.46. The lowest BCUT2D eigenvalue weighted by Gasteiger charge is -2.17. The van der Waals surface area contributed by atoms with Crippen LogP contribution in [0.2, 0.25) is 0 Å². The van der Waals surface area contributed by atoms with Crippen LogP contribution in [0.1, 0.15) is 40.7 Å². The van der Waals surface area contributed by atoms with Crippen LogP contribution >= 0.6 is 0 Å². The van der Waals surface area contributed by atoms with Gasteiger partial charge in [0.05, 0.1) is 5.92 Å². The predicted molar refractivity (Wildman–Crippen MR) is 105 cm³/mol. The average molecular weight is 377 g/mol. The molecule has 0 N–H and O–H groups in total. The summed E-state index contributed by atoms with van der Waals surface area (Å²) in [5, 5.41) is 0. The number of carbonyl (C=O) groups is 3. The number of carbonyl (C=O) groups excluding carboxylic acids is 3. The molecule has 1 aliphatic carbocycles. The Labute approximate surface area is 164 Å². The molecule has 5 nitrogen and oxygen atoms in total. The smallest absolute Gasteiger partial charge is 0.311 e. The summed E-state index contributed by atoms with van der Waals surface area (Å²) in [6, 6.07) is 15.0. The number of amides is 1. The number of hydrogen-bond acceptors (Lipinski definition) is 4. The standard InChI is InChI=1S/C23H23NO4/c25-21(18-11-10-16-6-4-5-7-17(16)12-18)15-28-23(27)19-13-22(26)24(14-19)20-8-2-1-3-9-20/h1-3,8-12,19H,4-7,13-15H2/t19-/m1/s1. The number of anilines is 1. The Morgan fingerprint density at radius 1 is 1.00 bits per heavy atom. The van der Waals surface area contributed by atoms with E-state index in [1.807, 2.05) is 48.5 Å². The number of esters is 1. The minimum Gasteiger partial charge on any atom is -0.457 e. The van der Waals surface area contributed by atoms with Gasteiger partial charge in [-0.3, -0.25) is 14.4 Å². The Kier molecular flexibility index (Phi) is 5.24. The van der Waals surface area contributed by atoms with Gasteiger partial charge in [-0.2, -0.15) is 0 Å². The zero-order valence-electron chi connectivity index (χ0n) is 15.7. The molecule has 5 heteroatoms. The summed E-state index contributed by atoms with van der Waals surface area (Å²) in [4.78, 5) is 38.7. The molecule has 1 fully saturated rings. The van der Waals surface area contributed by atoms with Crippen molar-refractivity contribution in [3.05, 3.63) is 65.2 Å². The molecule has 0 bridgehead atoms. The normalized spacial score (nSPS) is 18.6. The molecule has 2 aromatic carbocycles. The molecule has 0 aromatic heterocycles. The molecule has 0 unspecified atom stereocenters. The van der Waals surface area contributed by atoms with Crippen LogP contribution in [0.4, 0.5) is 5.69 Å². The van der Waals surface area contributed by atoms with Crippen molar-refractivity contribution in [2.45, 2.75) is 32.1 Å². The lowest BCUT2D eigenvalue weighted by Crippen LogP contribution is -2.27. The largest absolute Gasteiger partial charge is 0.457 e. The van der Waals surface area contributed by atoms with Gasteiger partial charge in [-0.1, -0.05) is 30.3 Å². The number of aryl methyl sites for hydroxylation is 2. The van der Waals surface area contributed by atoms with Crippen LogP contribution in [0.3, 0.4) is 0 Å². The molecule has 2 aromatic rings. The summed E-state index contributed by atoms with van der Waals surface area (Å²) >= 11 is 0. The lowest BCUT2D eigenvalue weighted by atomic mass is 9.90. The third-order valence-corrected chi connectivity index (χ3v) is 5.54. The minimum atomic E-state index is -0.538. The van der Waals surface area contributed by atoms with Crippen LogP contribution in [0, 0.1) is 5.92 Å². The molecule has 2 aliphatic rings. The highest BCUT2D eigenvalue weighted by molar-refractivity contribution is 6.01. The molecule has 0 radical (unpaired) electrons. The number of nitrogens with zero attached hydrogens (tertiary/aromatic N) is 1. The van der Waals surface area contributed by atoms with Crippen LogP contribution < -0.4 is 4.90 Å². The highest BCUT2D eigenvalue weighted by Gasteiger charge is 2.36. The summed E-state index contributed by atoms with van der Waals surface area (Å²) in [6.45, 7) is 0.00234. The molecule has 1 saturated heterocycles. The maximum atomic E-state index is 12.4. The SMILES string of the molecule is O=C(COC(=O)[C@@H]1CC(=O)N(c2ccccc2)C1)c1ccc2c(c1)CCCC2. The van der Waals surface area contributed by atoms with E-state index in [0.29, 0.717) is 5.56 Å². The Bertz CT molecular complexity index is 906. The van der Waals surface area contributed by atoms with E-state index < -0.39 is 11.9 Å². The van der Waals surface area contributed by atoms with Crippen LogP contribution in [0.25, 0.3) is 0 Å². The Morgan fingerprint density at radius 3 is 2.54 bits per heavy atom. The van der Waals surface area contributed by atoms with Crippen molar-refractivity contribution in [2.24, 2.45) is 5.92 Å². The zero-order chi connectivity index (χ0) is 19.5. The molecular formula is C23H23NO4. The Morgan fingerprint density at radius 2 is 1.75 bits per heavy atom. The van der Waals surface area contributed by atoms with Crippen molar-refractivity contribution >= 4 is 23.3 Å². The van der Waals surface area contributed by atoms with Gasteiger partial charge in [0.1, 0.15) is 0 Å². The first-order valence-electron chi connectivity index (χ1n) is 9.79. The summed E-state index contributed by atoms with van der Waals surface area (Å²) in [7, 11) is 0. The van der Waals surface area contributed by atoms with E-state index >= 15 is 0 Å². The molecule has 1 heterocycles. The molecule has 4 rings (SSSR count). The van der Waals surface area contributed by atoms with Crippen molar-refractivity contribution in [2.75, 3.05) is 18.1 Å². The number of ketones is 1. The fraction of sp³-hybridized carbons (Fsp3) is 0.348. The molecule has 28 heavy (non-hydrogen) atoms. The first-order chi connectivity index (χ1) is 13.6. The second-order valence-electron chi connectivity index (χ2n) is 7.46. The Hall–Kier alpha value is -2.95. The topological polar surface area (TPSA) is 63.7 Å². The average Bonchev–Trinajstić information content (AvgIpc) is 3.13. The van der Waals surface area contributed by atoms with Crippen molar-refractivity contribution in [1.82, 2.24) is 0 Å². The van der Waals surface area contributed by atoms with Crippen LogP contribution in [0.5, 0.6) is 0 Å². The van der Waals surface area contributed by atoms with E-state index in [-0.39, 0.29) is 31.3 Å². The van der Waals surface area contributed by atoms with E-state index in [4.69, 9.17) is 4.74 Å². The molecule has 1 atom stereocenters. The fourth-order valence-electron chi connectivity index (χ4n) is 3.97. The van der Waals surface area contributed by atoms with E-state index in [0.717, 1.165) is 24.9 Å². The quantitative estimate of drug-likeness (QED) is 0.592. The van der Waals surface area contributed by atoms with Crippen molar-refractivity contribution < 1.29 is 19.1 Å². The van der Waals surface area contributed by atoms with Gasteiger partial charge in [0, 0.05) is 24.2 Å². The van der Waals surface area contributed by atoms with Gasteiger partial charge >= 0.3 is 5.97 Å². The monoisotopic (exact) mass is 377 g/mol. The molecule has 0 saturated carbocycles. The van der Waals surface area contributed by atoms with E-state index in [9.17, 15) is 14.4 Å². The van der Waals surface area contributed by atoms with E-state index in [1.54, 1.807) is 4.90 Å². The summed E-state index contributed by atoms with van der Waals surface area (Å²) in [6.07, 6.45) is 4.51. The van der Waals surface area contributed by atoms with E-state index in [1.165, 1.54) is 17.5 Å². The molecule has 1 amide bonds. The van der Waals surface area contributed by atoms with Crippen molar-refractivity contribution in [3.8, 4) is 0 Å². The number of Topliss-reactive ketones (excluding diaryl/α,β-unsaturated/α-hetero) is 1. The van der Waals surface area contributed by atoms with Gasteiger partial charge in [-0.25, -0.2) is 0 Å². The van der Waals surface area contributed by atoms with Gasteiger partial charge in [-0.15, -0.1) is 0 Å². The minimum absolute atomic E-state index is 0.103. The van der Waals surface area contributed by atoms with Gasteiger partial charge in [0.2, 0.25) is 5.91 Å². The highest BCUT2D eigenvalue weighted by Crippen LogP contribution is 2.26. The summed E-state index contributed by atoms with van der Waals surface area (Å²) in [5.41, 5.74) is 3.89. The molecule has 1 aliphatic heterocycles. The fourth-order valence-corrected chi connectivity index (χ4v) is 3.97. The highest BCUT2D eigenvalue weighted by atomic mass is 16.5. The van der Waals surface area contributed by atoms with Gasteiger partial charge in [-0.05, 0) is 55.0 Å². The van der Waals surface area contributed by atoms with Gasteiger partial charge in [0.25, 0.3) is 0 Å². The zero-order valence-corrected chi connectivity index (χ0v) is 15.7. The van der Waals surface area contributed by atoms with Gasteiger partial charge in [0.15, 0.2) is 12.4 Å². The van der Waals surface area contributed by atoms with E-state index in [2.05, 4.69) is 0 Å². The maximum Gasteiger partial charge on any atom is 0.311 e. The second kappa shape index (κ2) is 7.97. The number of hydrogen-bond donors (Lipinski definition) is 0. The van der Waals surface area contributed by atoms with Crippen LogP contribution in [-0.2, 0) is 27.2 Å². The number of para-hydroxylation sites is 1. The lowest BCUT2D eigenvalue weighted by molar-refractivity contribution is -0.147. The van der Waals surface area contributed by atoms with Gasteiger partial charge < -0.3 is 9.64 Å². The number of rotatable bonds is 5. The third-order valence-electron chi connectivity index (χ3n) is 5.54. The number of fused-ring (bicyclic) bond motifs is 1. The van der Waals surface area contributed by atoms with Crippen LogP contribution in [-0.4, -0.2) is 30.8 Å². The number of ether oxygens (including phenoxy) is 1. The third kappa shape index (κ3) is 3.84. The molecule has 144 valence electrons. The van der Waals surface area contributed by atoms with Crippen molar-refractivity contribution in [3.63, 3.8) is 0 Å². The first kappa shape index (κ1) is 18.4. The van der Waals surface area contributed by atoms with Crippen LogP contribution in [0.15, 0.2) is 48.5 Å². The molecular weight excluding hydrogens is 354 g/mol. The maximum absolute atomic E-state index is 12.4. The number of benzene rings is 2. The first-order valence-corrected chi connectivity index (χ1v) is 9.79. The predicted octanol–water partition coefficient (Wildman–Crippen LogP) is 3.34. The Balaban J connectivity index is 1.34.